The molecule has 0 bridgehead atoms. The standard InChI is InChI=1S/C32H38F4N8O3/c1-16-11-19(31(46)41-29(38)21-7-8-25(32(34,35)36)40-28(21)18-5-6-18)9-10-43(16)24-13-20(12-23(33)22(24)15-47-4)27-17(2)42-44(14-26(37)45)30(27)39-3/h7-8,12-13,16,18-19,39H,5-6,9-11,14-15H2,1-4H3,(H2,37,45)(H2,38,41,46)/t16-,19?/m0/s1. The molecule has 2 fully saturated rings. The molecular formula is C32H38F4N8O3. The summed E-state index contributed by atoms with van der Waals surface area (Å²) < 4.78 is 62.4. The molecule has 2 amide bonds. The summed E-state index contributed by atoms with van der Waals surface area (Å²) in [7, 11) is 3.15. The zero-order valence-corrected chi connectivity index (χ0v) is 26.6. The summed E-state index contributed by atoms with van der Waals surface area (Å²) in [4.78, 5) is 34.9. The van der Waals surface area contributed by atoms with Crippen LogP contribution in [0.5, 0.6) is 0 Å². The van der Waals surface area contributed by atoms with Crippen LogP contribution >= 0.6 is 0 Å². The number of aryl methyl sites for hydroxylation is 1. The molecule has 252 valence electrons. The molecule has 15 heteroatoms. The molecule has 1 unspecified atom stereocenters. The molecule has 3 heterocycles. The lowest BCUT2D eigenvalue weighted by Gasteiger charge is -2.39. The predicted molar refractivity (Wildman–Crippen MR) is 168 cm³/mol. The molecule has 1 saturated heterocycles. The molecule has 0 spiro atoms. The minimum Gasteiger partial charge on any atom is -0.383 e. The van der Waals surface area contributed by atoms with E-state index < -0.39 is 35.4 Å². The van der Waals surface area contributed by atoms with Gasteiger partial charge in [0.1, 0.15) is 29.7 Å². The minimum absolute atomic E-state index is 0.0111. The van der Waals surface area contributed by atoms with Crippen molar-refractivity contribution >= 4 is 29.2 Å². The number of hydrogen-bond acceptors (Lipinski definition) is 7. The van der Waals surface area contributed by atoms with Crippen molar-refractivity contribution in [2.45, 2.75) is 70.8 Å². The number of piperidine rings is 1. The molecule has 2 atom stereocenters. The average Bonchev–Trinajstić information content (AvgIpc) is 3.80. The van der Waals surface area contributed by atoms with Gasteiger partial charge in [-0.25, -0.2) is 14.1 Å². The molecule has 1 aliphatic heterocycles. The predicted octanol–water partition coefficient (Wildman–Crippen LogP) is 4.50. The first-order chi connectivity index (χ1) is 22.2. The van der Waals surface area contributed by atoms with Crippen molar-refractivity contribution in [3.8, 4) is 11.1 Å². The van der Waals surface area contributed by atoms with E-state index in [1.165, 1.54) is 23.9 Å². The molecule has 11 nitrogen and oxygen atoms in total. The molecule has 3 aromatic rings. The number of amidine groups is 1. The van der Waals surface area contributed by atoms with Crippen LogP contribution in [0, 0.1) is 18.7 Å². The van der Waals surface area contributed by atoms with Crippen molar-refractivity contribution in [1.82, 2.24) is 14.8 Å². The third-order valence-electron chi connectivity index (χ3n) is 8.64. The summed E-state index contributed by atoms with van der Waals surface area (Å²) in [6, 6.07) is 5.11. The van der Waals surface area contributed by atoms with Crippen molar-refractivity contribution in [2.75, 3.05) is 30.9 Å². The molecule has 1 aliphatic carbocycles. The van der Waals surface area contributed by atoms with Crippen molar-refractivity contribution in [3.05, 3.63) is 58.3 Å². The number of aliphatic imine (C=N–C) groups is 1. The Kier molecular flexibility index (Phi) is 9.57. The Balaban J connectivity index is 1.41. The van der Waals surface area contributed by atoms with Crippen molar-refractivity contribution < 1.29 is 31.9 Å². The third-order valence-corrected chi connectivity index (χ3v) is 8.64. The number of primary amides is 1. The van der Waals surface area contributed by atoms with Crippen LogP contribution in [-0.2, 0) is 33.7 Å². The maximum Gasteiger partial charge on any atom is 0.433 e. The summed E-state index contributed by atoms with van der Waals surface area (Å²) in [5.74, 6) is -1.83. The third kappa shape index (κ3) is 7.09. The Bertz CT molecular complexity index is 1720. The molecule has 5 rings (SSSR count). The topological polar surface area (TPSA) is 154 Å². The van der Waals surface area contributed by atoms with Gasteiger partial charge in [-0.3, -0.25) is 9.59 Å². The number of nitrogens with two attached hydrogens (primary N) is 2. The Morgan fingerprint density at radius 3 is 2.49 bits per heavy atom. The first-order valence-corrected chi connectivity index (χ1v) is 15.3. The van der Waals surface area contributed by atoms with Gasteiger partial charge in [-0.2, -0.15) is 23.3 Å². The normalized spacial score (nSPS) is 18.8. The number of benzene rings is 1. The van der Waals surface area contributed by atoms with Crippen LogP contribution in [0.4, 0.5) is 29.1 Å². The number of pyridine rings is 1. The summed E-state index contributed by atoms with van der Waals surface area (Å²) >= 11 is 0. The number of ether oxygens (including phenoxy) is 1. The number of methoxy groups -OCH3 is 1. The zero-order chi connectivity index (χ0) is 34.2. The number of amides is 2. The van der Waals surface area contributed by atoms with Crippen LogP contribution in [0.15, 0.2) is 29.3 Å². The molecule has 0 radical (unpaired) electrons. The van der Waals surface area contributed by atoms with E-state index in [1.54, 1.807) is 14.0 Å². The second kappa shape index (κ2) is 13.3. The number of hydrogen-bond donors (Lipinski definition) is 3. The fraction of sp³-hybridized carbons (Fsp3) is 0.469. The highest BCUT2D eigenvalue weighted by atomic mass is 19.4. The van der Waals surface area contributed by atoms with E-state index in [4.69, 9.17) is 16.2 Å². The maximum atomic E-state index is 15.8. The van der Waals surface area contributed by atoms with E-state index >= 15 is 4.39 Å². The second-order valence-electron chi connectivity index (χ2n) is 12.1. The van der Waals surface area contributed by atoms with Gasteiger partial charge in [0, 0.05) is 61.0 Å². The summed E-state index contributed by atoms with van der Waals surface area (Å²) in [6.45, 7) is 3.93. The number of anilines is 2. The number of halogens is 4. The monoisotopic (exact) mass is 658 g/mol. The highest BCUT2D eigenvalue weighted by molar-refractivity contribution is 6.05. The molecular weight excluding hydrogens is 620 g/mol. The van der Waals surface area contributed by atoms with Crippen LogP contribution in [-0.4, -0.2) is 59.2 Å². The number of carbonyl (C=O) groups excluding carboxylic acids is 2. The Morgan fingerprint density at radius 2 is 1.89 bits per heavy atom. The van der Waals surface area contributed by atoms with Gasteiger partial charge in [-0.15, -0.1) is 0 Å². The molecule has 47 heavy (non-hydrogen) atoms. The SMILES string of the molecule is CNc1c(-c2cc(F)c(COC)c(N3CCC(C(=O)N=C(N)c4ccc(C(F)(F)F)nc4C4CC4)C[C@@H]3C)c2)c(C)nn1CC(N)=O. The second-order valence-corrected chi connectivity index (χ2v) is 12.1. The van der Waals surface area contributed by atoms with Gasteiger partial charge < -0.3 is 26.4 Å². The lowest BCUT2D eigenvalue weighted by molar-refractivity contribution is -0.141. The summed E-state index contributed by atoms with van der Waals surface area (Å²) in [6.07, 6.45) is -2.45. The molecule has 1 aromatic carbocycles. The quantitative estimate of drug-likeness (QED) is 0.164. The lowest BCUT2D eigenvalue weighted by atomic mass is 9.89. The first-order valence-electron chi connectivity index (χ1n) is 15.3. The maximum absolute atomic E-state index is 15.8. The number of nitrogens with zero attached hydrogens (tertiary/aromatic N) is 5. The van der Waals surface area contributed by atoms with Gasteiger partial charge in [0.25, 0.3) is 5.91 Å². The smallest absolute Gasteiger partial charge is 0.383 e. The summed E-state index contributed by atoms with van der Waals surface area (Å²) in [5.41, 5.74) is 13.7. The van der Waals surface area contributed by atoms with Crippen LogP contribution in [0.1, 0.15) is 66.7 Å². The van der Waals surface area contributed by atoms with Gasteiger partial charge >= 0.3 is 6.18 Å². The number of nitrogens with one attached hydrogen (secondary N) is 1. The van der Waals surface area contributed by atoms with E-state index in [9.17, 15) is 22.8 Å². The van der Waals surface area contributed by atoms with Gasteiger partial charge in [0.05, 0.1) is 18.0 Å². The van der Waals surface area contributed by atoms with Gasteiger partial charge in [0.2, 0.25) is 5.91 Å². The first kappa shape index (κ1) is 33.8. The Hall–Kier alpha value is -4.53. The van der Waals surface area contributed by atoms with E-state index in [2.05, 4.69) is 20.4 Å². The number of alkyl halides is 3. The van der Waals surface area contributed by atoms with Gasteiger partial charge in [-0.05, 0) is 69.4 Å². The fourth-order valence-corrected chi connectivity index (χ4v) is 6.29. The largest absolute Gasteiger partial charge is 0.433 e. The van der Waals surface area contributed by atoms with Crippen molar-refractivity contribution in [1.29, 1.82) is 0 Å². The average molecular weight is 659 g/mol. The van der Waals surface area contributed by atoms with Crippen molar-refractivity contribution in [3.63, 3.8) is 0 Å². The van der Waals surface area contributed by atoms with Crippen LogP contribution in [0.3, 0.4) is 0 Å². The number of carbonyl (C=O) groups is 2. The van der Waals surface area contributed by atoms with Gasteiger partial charge in [0.15, 0.2) is 0 Å². The lowest BCUT2D eigenvalue weighted by Crippen LogP contribution is -2.43. The number of rotatable bonds is 10. The highest BCUT2D eigenvalue weighted by Gasteiger charge is 2.37. The molecule has 2 aromatic heterocycles. The van der Waals surface area contributed by atoms with Crippen LogP contribution in [0.2, 0.25) is 0 Å². The molecule has 1 saturated carbocycles. The number of aromatic nitrogens is 3. The Morgan fingerprint density at radius 1 is 1.17 bits per heavy atom. The van der Waals surface area contributed by atoms with Gasteiger partial charge in [-0.1, -0.05) is 0 Å². The van der Waals surface area contributed by atoms with E-state index in [0.717, 1.165) is 6.07 Å². The molecule has 2 aliphatic rings. The highest BCUT2D eigenvalue weighted by Crippen LogP contribution is 2.42. The van der Waals surface area contributed by atoms with E-state index in [-0.39, 0.29) is 42.2 Å². The summed E-state index contributed by atoms with van der Waals surface area (Å²) in [5, 5.41) is 7.47. The van der Waals surface area contributed by atoms with Crippen LogP contribution in [0.25, 0.3) is 11.1 Å². The van der Waals surface area contributed by atoms with Crippen molar-refractivity contribution in [2.24, 2.45) is 22.4 Å². The van der Waals surface area contributed by atoms with E-state index in [1.807, 2.05) is 17.9 Å². The fourth-order valence-electron chi connectivity index (χ4n) is 6.29. The minimum atomic E-state index is -4.60. The van der Waals surface area contributed by atoms with Crippen LogP contribution < -0.4 is 21.7 Å². The zero-order valence-electron chi connectivity index (χ0n) is 26.6. The Labute approximate surface area is 269 Å². The van der Waals surface area contributed by atoms with E-state index in [0.29, 0.717) is 66.1 Å². The molecule has 5 N–H and O–H groups in total.